The number of aryl methyl sites for hydroxylation is 1. The summed E-state index contributed by atoms with van der Waals surface area (Å²) in [5.74, 6) is 1.37. The molecule has 0 aliphatic carbocycles. The number of nitrogens with two attached hydrogens (primary N) is 1. The molecule has 2 aromatic carbocycles. The SMILES string of the molecule is COc1ccc(C)cc1COc1cc(N)ccc1Cl. The Labute approximate surface area is 117 Å². The molecule has 0 fully saturated rings. The highest BCUT2D eigenvalue weighted by Gasteiger charge is 2.07. The molecule has 0 saturated carbocycles. The van der Waals surface area contributed by atoms with Crippen LogP contribution in [-0.2, 0) is 6.61 Å². The van der Waals surface area contributed by atoms with Crippen LogP contribution in [0.5, 0.6) is 11.5 Å². The van der Waals surface area contributed by atoms with Gasteiger partial charge in [-0.05, 0) is 31.2 Å². The summed E-state index contributed by atoms with van der Waals surface area (Å²) in [7, 11) is 1.64. The van der Waals surface area contributed by atoms with Gasteiger partial charge in [-0.3, -0.25) is 0 Å². The lowest BCUT2D eigenvalue weighted by molar-refractivity contribution is 0.297. The number of benzene rings is 2. The van der Waals surface area contributed by atoms with Crippen LogP contribution in [0.2, 0.25) is 5.02 Å². The first kappa shape index (κ1) is 13.6. The minimum Gasteiger partial charge on any atom is -0.496 e. The van der Waals surface area contributed by atoms with Gasteiger partial charge in [0, 0.05) is 17.3 Å². The highest BCUT2D eigenvalue weighted by atomic mass is 35.5. The van der Waals surface area contributed by atoms with Gasteiger partial charge in [0.2, 0.25) is 0 Å². The van der Waals surface area contributed by atoms with Gasteiger partial charge in [-0.1, -0.05) is 23.2 Å². The molecule has 0 atom stereocenters. The molecule has 0 saturated heterocycles. The second kappa shape index (κ2) is 5.85. The van der Waals surface area contributed by atoms with Gasteiger partial charge in [0.05, 0.1) is 12.1 Å². The predicted molar refractivity (Wildman–Crippen MR) is 77.9 cm³/mol. The van der Waals surface area contributed by atoms with Crippen LogP contribution in [0.1, 0.15) is 11.1 Å². The van der Waals surface area contributed by atoms with Gasteiger partial charge in [0.1, 0.15) is 18.1 Å². The Morgan fingerprint density at radius 2 is 1.89 bits per heavy atom. The summed E-state index contributed by atoms with van der Waals surface area (Å²) >= 11 is 6.06. The molecule has 2 rings (SSSR count). The third kappa shape index (κ3) is 3.32. The quantitative estimate of drug-likeness (QED) is 0.864. The van der Waals surface area contributed by atoms with Gasteiger partial charge in [0.25, 0.3) is 0 Å². The topological polar surface area (TPSA) is 44.5 Å². The second-order valence-electron chi connectivity index (χ2n) is 4.29. The first-order valence-corrected chi connectivity index (χ1v) is 6.29. The van der Waals surface area contributed by atoms with Gasteiger partial charge in [-0.25, -0.2) is 0 Å². The van der Waals surface area contributed by atoms with Gasteiger partial charge in [-0.15, -0.1) is 0 Å². The molecule has 0 spiro atoms. The average Bonchev–Trinajstić information content (AvgIpc) is 2.40. The molecule has 100 valence electrons. The van der Waals surface area contributed by atoms with E-state index in [1.807, 2.05) is 25.1 Å². The maximum absolute atomic E-state index is 6.06. The number of rotatable bonds is 4. The van der Waals surface area contributed by atoms with E-state index in [2.05, 4.69) is 0 Å². The molecule has 0 radical (unpaired) electrons. The number of ether oxygens (including phenoxy) is 2. The summed E-state index contributed by atoms with van der Waals surface area (Å²) in [5.41, 5.74) is 8.46. The van der Waals surface area contributed by atoms with E-state index >= 15 is 0 Å². The molecular formula is C15H16ClNO2. The molecule has 0 amide bonds. The van der Waals surface area contributed by atoms with Crippen LogP contribution in [0.3, 0.4) is 0 Å². The number of halogens is 1. The lowest BCUT2D eigenvalue weighted by Gasteiger charge is -2.12. The van der Waals surface area contributed by atoms with Crippen LogP contribution in [-0.4, -0.2) is 7.11 Å². The van der Waals surface area contributed by atoms with Crippen LogP contribution >= 0.6 is 11.6 Å². The summed E-state index contributed by atoms with van der Waals surface area (Å²) in [6.45, 7) is 2.41. The van der Waals surface area contributed by atoms with E-state index in [9.17, 15) is 0 Å². The number of methoxy groups -OCH3 is 1. The summed E-state index contributed by atoms with van der Waals surface area (Å²) in [6.07, 6.45) is 0. The Balaban J connectivity index is 2.18. The van der Waals surface area contributed by atoms with Crippen molar-refractivity contribution in [3.63, 3.8) is 0 Å². The fraction of sp³-hybridized carbons (Fsp3) is 0.200. The van der Waals surface area contributed by atoms with E-state index in [0.29, 0.717) is 23.1 Å². The van der Waals surface area contributed by atoms with Crippen molar-refractivity contribution in [2.24, 2.45) is 0 Å². The molecule has 0 heterocycles. The highest BCUT2D eigenvalue weighted by molar-refractivity contribution is 6.32. The zero-order valence-electron chi connectivity index (χ0n) is 10.9. The normalized spacial score (nSPS) is 10.3. The fourth-order valence-corrected chi connectivity index (χ4v) is 1.98. The smallest absolute Gasteiger partial charge is 0.140 e. The van der Waals surface area contributed by atoms with Gasteiger partial charge in [0.15, 0.2) is 0 Å². The molecule has 0 aliphatic heterocycles. The van der Waals surface area contributed by atoms with Gasteiger partial charge >= 0.3 is 0 Å². The Morgan fingerprint density at radius 3 is 2.63 bits per heavy atom. The van der Waals surface area contributed by atoms with E-state index in [0.717, 1.165) is 16.9 Å². The minimum absolute atomic E-state index is 0.383. The number of hydrogen-bond acceptors (Lipinski definition) is 3. The van der Waals surface area contributed by atoms with E-state index in [1.54, 1.807) is 25.3 Å². The molecule has 2 N–H and O–H groups in total. The first-order valence-electron chi connectivity index (χ1n) is 5.91. The van der Waals surface area contributed by atoms with Crippen molar-refractivity contribution < 1.29 is 9.47 Å². The number of nitrogen functional groups attached to an aromatic ring is 1. The van der Waals surface area contributed by atoms with Crippen LogP contribution < -0.4 is 15.2 Å². The average molecular weight is 278 g/mol. The zero-order valence-corrected chi connectivity index (χ0v) is 11.7. The van der Waals surface area contributed by atoms with Crippen LogP contribution in [0.4, 0.5) is 5.69 Å². The Kier molecular flexibility index (Phi) is 4.17. The summed E-state index contributed by atoms with van der Waals surface area (Å²) in [4.78, 5) is 0. The Morgan fingerprint density at radius 1 is 1.11 bits per heavy atom. The van der Waals surface area contributed by atoms with Crippen molar-refractivity contribution in [3.8, 4) is 11.5 Å². The van der Waals surface area contributed by atoms with Crippen molar-refractivity contribution in [2.75, 3.05) is 12.8 Å². The maximum atomic E-state index is 6.06. The highest BCUT2D eigenvalue weighted by Crippen LogP contribution is 2.28. The zero-order chi connectivity index (χ0) is 13.8. The van der Waals surface area contributed by atoms with E-state index in [4.69, 9.17) is 26.8 Å². The van der Waals surface area contributed by atoms with Crippen molar-refractivity contribution in [2.45, 2.75) is 13.5 Å². The number of anilines is 1. The lowest BCUT2D eigenvalue weighted by atomic mass is 10.1. The van der Waals surface area contributed by atoms with Crippen molar-refractivity contribution in [1.29, 1.82) is 0 Å². The Hall–Kier alpha value is -1.87. The number of hydrogen-bond donors (Lipinski definition) is 1. The molecule has 0 aliphatic rings. The van der Waals surface area contributed by atoms with E-state index in [1.165, 1.54) is 0 Å². The lowest BCUT2D eigenvalue weighted by Crippen LogP contribution is -2.00. The van der Waals surface area contributed by atoms with Crippen molar-refractivity contribution in [1.82, 2.24) is 0 Å². The van der Waals surface area contributed by atoms with Crippen LogP contribution in [0.25, 0.3) is 0 Å². The first-order chi connectivity index (χ1) is 9.10. The summed E-state index contributed by atoms with van der Waals surface area (Å²) in [6, 6.07) is 11.1. The van der Waals surface area contributed by atoms with Crippen LogP contribution in [0.15, 0.2) is 36.4 Å². The predicted octanol–water partition coefficient (Wildman–Crippen LogP) is 3.82. The third-order valence-corrected chi connectivity index (χ3v) is 3.09. The molecular weight excluding hydrogens is 262 g/mol. The van der Waals surface area contributed by atoms with Crippen molar-refractivity contribution in [3.05, 3.63) is 52.5 Å². The summed E-state index contributed by atoms with van der Waals surface area (Å²) < 4.78 is 11.0. The van der Waals surface area contributed by atoms with E-state index < -0.39 is 0 Å². The van der Waals surface area contributed by atoms with Crippen LogP contribution in [0, 0.1) is 6.92 Å². The molecule has 0 bridgehead atoms. The fourth-order valence-electron chi connectivity index (χ4n) is 1.81. The van der Waals surface area contributed by atoms with Gasteiger partial charge in [-0.2, -0.15) is 0 Å². The molecule has 3 nitrogen and oxygen atoms in total. The molecule has 19 heavy (non-hydrogen) atoms. The third-order valence-electron chi connectivity index (χ3n) is 2.77. The van der Waals surface area contributed by atoms with Gasteiger partial charge < -0.3 is 15.2 Å². The second-order valence-corrected chi connectivity index (χ2v) is 4.70. The maximum Gasteiger partial charge on any atom is 0.140 e. The molecule has 0 unspecified atom stereocenters. The standard InChI is InChI=1S/C15H16ClNO2/c1-10-3-6-14(18-2)11(7-10)9-19-15-8-12(17)4-5-13(15)16/h3-8H,9,17H2,1-2H3. The molecule has 4 heteroatoms. The monoisotopic (exact) mass is 277 g/mol. The van der Waals surface area contributed by atoms with E-state index in [-0.39, 0.29) is 0 Å². The minimum atomic E-state index is 0.383. The summed E-state index contributed by atoms with van der Waals surface area (Å²) in [5, 5.41) is 0.542. The Bertz CT molecular complexity index is 584. The largest absolute Gasteiger partial charge is 0.496 e. The molecule has 0 aromatic heterocycles. The molecule has 2 aromatic rings. The van der Waals surface area contributed by atoms with Crippen molar-refractivity contribution >= 4 is 17.3 Å².